The number of carbonyl (C=O) groups excluding carboxylic acids is 2. The number of halogens is 1. The van der Waals surface area contributed by atoms with E-state index < -0.39 is 6.04 Å². The molecule has 1 unspecified atom stereocenters. The lowest BCUT2D eigenvalue weighted by Crippen LogP contribution is -2.57. The highest BCUT2D eigenvalue weighted by Gasteiger charge is 2.30. The Hall–Kier alpha value is -0.850. The quantitative estimate of drug-likeness (QED) is 0.725. The smallest absolute Gasteiger partial charge is 0.240 e. The van der Waals surface area contributed by atoms with Crippen molar-refractivity contribution in [2.45, 2.75) is 26.3 Å². The second-order valence-corrected chi connectivity index (χ2v) is 4.59. The SMILES string of the molecule is CCN(CC)C(=O)CC1NCCN(CCOC)C1=O.Cl. The summed E-state index contributed by atoms with van der Waals surface area (Å²) in [6.45, 7) is 7.79. The normalized spacial score (nSPS) is 18.6. The van der Waals surface area contributed by atoms with Crippen LogP contribution in [0.25, 0.3) is 0 Å². The Bertz CT molecular complexity index is 311. The molecule has 20 heavy (non-hydrogen) atoms. The number of nitrogens with zero attached hydrogens (tertiary/aromatic N) is 2. The molecule has 0 saturated carbocycles. The standard InChI is InChI=1S/C13H25N3O3.ClH/c1-4-15(5-2)12(17)10-11-13(18)16(7-6-14-11)8-9-19-3;/h11,14H,4-10H2,1-3H3;1H. The lowest BCUT2D eigenvalue weighted by molar-refractivity contribution is -0.141. The van der Waals surface area contributed by atoms with Crippen molar-refractivity contribution in [3.05, 3.63) is 0 Å². The molecule has 0 radical (unpaired) electrons. The number of methoxy groups -OCH3 is 1. The van der Waals surface area contributed by atoms with E-state index in [2.05, 4.69) is 5.32 Å². The Morgan fingerprint density at radius 3 is 2.65 bits per heavy atom. The minimum atomic E-state index is -0.390. The van der Waals surface area contributed by atoms with Gasteiger partial charge in [0, 0.05) is 39.8 Å². The summed E-state index contributed by atoms with van der Waals surface area (Å²) in [4.78, 5) is 27.8. The van der Waals surface area contributed by atoms with Crippen LogP contribution in [0, 0.1) is 0 Å². The van der Waals surface area contributed by atoms with Crippen LogP contribution in [0.5, 0.6) is 0 Å². The number of hydrogen-bond acceptors (Lipinski definition) is 4. The summed E-state index contributed by atoms with van der Waals surface area (Å²) in [7, 11) is 1.62. The van der Waals surface area contributed by atoms with Gasteiger partial charge in [0.05, 0.1) is 19.1 Å². The number of amides is 2. The molecular weight excluding hydrogens is 282 g/mol. The lowest BCUT2D eigenvalue weighted by atomic mass is 10.1. The van der Waals surface area contributed by atoms with Crippen molar-refractivity contribution >= 4 is 24.2 Å². The molecule has 2 amide bonds. The third kappa shape index (κ3) is 5.26. The van der Waals surface area contributed by atoms with E-state index in [4.69, 9.17) is 4.74 Å². The van der Waals surface area contributed by atoms with Gasteiger partial charge in [0.2, 0.25) is 11.8 Å². The van der Waals surface area contributed by atoms with Crippen LogP contribution < -0.4 is 5.32 Å². The molecule has 0 spiro atoms. The van der Waals surface area contributed by atoms with Crippen molar-refractivity contribution in [3.63, 3.8) is 0 Å². The average molecular weight is 308 g/mol. The van der Waals surface area contributed by atoms with Gasteiger partial charge in [0.25, 0.3) is 0 Å². The predicted octanol–water partition coefficient (Wildman–Crippen LogP) is 0.114. The van der Waals surface area contributed by atoms with Gasteiger partial charge in [-0.05, 0) is 13.8 Å². The molecule has 0 bridgehead atoms. The summed E-state index contributed by atoms with van der Waals surface area (Å²) < 4.78 is 4.99. The fourth-order valence-corrected chi connectivity index (χ4v) is 2.25. The molecule has 0 aromatic heterocycles. The number of piperazine rings is 1. The van der Waals surface area contributed by atoms with Gasteiger partial charge in [-0.25, -0.2) is 0 Å². The fraction of sp³-hybridized carbons (Fsp3) is 0.846. The van der Waals surface area contributed by atoms with Gasteiger partial charge in [-0.15, -0.1) is 12.4 Å². The van der Waals surface area contributed by atoms with E-state index in [-0.39, 0.29) is 30.6 Å². The summed E-state index contributed by atoms with van der Waals surface area (Å²) in [5.74, 6) is 0.0354. The topological polar surface area (TPSA) is 61.9 Å². The van der Waals surface area contributed by atoms with Gasteiger partial charge in [-0.1, -0.05) is 0 Å². The molecule has 0 aliphatic carbocycles. The first-order valence-electron chi connectivity index (χ1n) is 6.92. The van der Waals surface area contributed by atoms with Crippen molar-refractivity contribution in [2.24, 2.45) is 0 Å². The first-order chi connectivity index (χ1) is 9.13. The zero-order valence-electron chi connectivity index (χ0n) is 12.6. The maximum absolute atomic E-state index is 12.2. The molecule has 1 heterocycles. The molecular formula is C13H26ClN3O3. The van der Waals surface area contributed by atoms with Gasteiger partial charge in [-0.2, -0.15) is 0 Å². The molecule has 1 aliphatic rings. The average Bonchev–Trinajstić information content (AvgIpc) is 2.41. The number of rotatable bonds is 7. The van der Waals surface area contributed by atoms with Crippen LogP contribution in [0.15, 0.2) is 0 Å². The van der Waals surface area contributed by atoms with Gasteiger partial charge in [0.1, 0.15) is 0 Å². The van der Waals surface area contributed by atoms with Gasteiger partial charge < -0.3 is 19.9 Å². The first kappa shape index (κ1) is 19.1. The fourth-order valence-electron chi connectivity index (χ4n) is 2.25. The molecule has 118 valence electrons. The highest BCUT2D eigenvalue weighted by Crippen LogP contribution is 2.07. The summed E-state index contributed by atoms with van der Waals surface area (Å²) in [6, 6.07) is -0.390. The van der Waals surface area contributed by atoms with Crippen molar-refractivity contribution in [1.82, 2.24) is 15.1 Å². The zero-order valence-corrected chi connectivity index (χ0v) is 13.4. The summed E-state index contributed by atoms with van der Waals surface area (Å²) in [5.41, 5.74) is 0. The van der Waals surface area contributed by atoms with Crippen LogP contribution in [0.1, 0.15) is 20.3 Å². The number of nitrogens with one attached hydrogen (secondary N) is 1. The Labute approximate surface area is 127 Å². The number of ether oxygens (including phenoxy) is 1. The lowest BCUT2D eigenvalue weighted by Gasteiger charge is -2.33. The van der Waals surface area contributed by atoms with E-state index in [9.17, 15) is 9.59 Å². The van der Waals surface area contributed by atoms with Crippen LogP contribution in [0.3, 0.4) is 0 Å². The minimum Gasteiger partial charge on any atom is -0.383 e. The Morgan fingerprint density at radius 1 is 1.45 bits per heavy atom. The van der Waals surface area contributed by atoms with E-state index in [1.165, 1.54) is 0 Å². The Balaban J connectivity index is 0.00000361. The van der Waals surface area contributed by atoms with Crippen LogP contribution in [-0.4, -0.2) is 74.1 Å². The molecule has 1 atom stereocenters. The van der Waals surface area contributed by atoms with E-state index in [1.807, 2.05) is 13.8 Å². The minimum absolute atomic E-state index is 0. The molecule has 1 fully saturated rings. The van der Waals surface area contributed by atoms with Crippen molar-refractivity contribution in [1.29, 1.82) is 0 Å². The van der Waals surface area contributed by atoms with Crippen LogP contribution in [0.2, 0.25) is 0 Å². The molecule has 7 heteroatoms. The highest BCUT2D eigenvalue weighted by molar-refractivity contribution is 5.89. The van der Waals surface area contributed by atoms with Crippen molar-refractivity contribution < 1.29 is 14.3 Å². The van der Waals surface area contributed by atoms with Crippen LogP contribution >= 0.6 is 12.4 Å². The molecule has 6 nitrogen and oxygen atoms in total. The maximum atomic E-state index is 12.2. The molecule has 1 aliphatic heterocycles. The predicted molar refractivity (Wildman–Crippen MR) is 80.0 cm³/mol. The second-order valence-electron chi connectivity index (χ2n) is 4.59. The summed E-state index contributed by atoms with van der Waals surface area (Å²) in [6.07, 6.45) is 0.240. The number of carbonyl (C=O) groups is 2. The molecule has 0 aromatic carbocycles. The highest BCUT2D eigenvalue weighted by atomic mass is 35.5. The van der Waals surface area contributed by atoms with Crippen LogP contribution in [-0.2, 0) is 14.3 Å². The third-order valence-corrected chi connectivity index (χ3v) is 3.44. The van der Waals surface area contributed by atoms with Crippen LogP contribution in [0.4, 0.5) is 0 Å². The van der Waals surface area contributed by atoms with Gasteiger partial charge in [-0.3, -0.25) is 9.59 Å². The van der Waals surface area contributed by atoms with E-state index in [1.54, 1.807) is 16.9 Å². The monoisotopic (exact) mass is 307 g/mol. The second kappa shape index (κ2) is 9.96. The van der Waals surface area contributed by atoms with Crippen molar-refractivity contribution in [3.8, 4) is 0 Å². The Morgan fingerprint density at radius 2 is 2.10 bits per heavy atom. The Kier molecular flexibility index (Phi) is 9.54. The number of hydrogen-bond donors (Lipinski definition) is 1. The molecule has 0 aromatic rings. The van der Waals surface area contributed by atoms with E-state index in [0.29, 0.717) is 32.8 Å². The summed E-state index contributed by atoms with van der Waals surface area (Å²) >= 11 is 0. The molecule has 1 rings (SSSR count). The summed E-state index contributed by atoms with van der Waals surface area (Å²) in [5, 5.41) is 3.13. The van der Waals surface area contributed by atoms with Crippen molar-refractivity contribution in [2.75, 3.05) is 46.4 Å². The van der Waals surface area contributed by atoms with E-state index in [0.717, 1.165) is 6.54 Å². The zero-order chi connectivity index (χ0) is 14.3. The van der Waals surface area contributed by atoms with Gasteiger partial charge in [0.15, 0.2) is 0 Å². The molecule has 1 saturated heterocycles. The molecule has 1 N–H and O–H groups in total. The maximum Gasteiger partial charge on any atom is 0.240 e. The first-order valence-corrected chi connectivity index (χ1v) is 6.92. The van der Waals surface area contributed by atoms with Gasteiger partial charge >= 0.3 is 0 Å². The third-order valence-electron chi connectivity index (χ3n) is 3.44. The van der Waals surface area contributed by atoms with E-state index >= 15 is 0 Å². The largest absolute Gasteiger partial charge is 0.383 e.